The summed E-state index contributed by atoms with van der Waals surface area (Å²) in [5.41, 5.74) is 0.946. The molecule has 2 atom stereocenters. The van der Waals surface area contributed by atoms with Crippen LogP contribution in [0.1, 0.15) is 31.9 Å². The molecular formula is C20H28N2O4. The highest BCUT2D eigenvalue weighted by Gasteiger charge is 2.40. The topological polar surface area (TPSA) is 59.1 Å². The first-order valence-corrected chi connectivity index (χ1v) is 9.35. The van der Waals surface area contributed by atoms with Gasteiger partial charge in [0.2, 0.25) is 5.91 Å². The van der Waals surface area contributed by atoms with Gasteiger partial charge in [-0.2, -0.15) is 0 Å². The molecule has 0 saturated carbocycles. The first kappa shape index (κ1) is 19.0. The number of amides is 1. The molecule has 142 valence electrons. The van der Waals surface area contributed by atoms with Crippen LogP contribution in [-0.2, 0) is 19.1 Å². The molecule has 2 aliphatic rings. The summed E-state index contributed by atoms with van der Waals surface area (Å²) in [6, 6.07) is 8.89. The summed E-state index contributed by atoms with van der Waals surface area (Å²) in [5, 5.41) is 0. The predicted octanol–water partition coefficient (Wildman–Crippen LogP) is 1.86. The van der Waals surface area contributed by atoms with Crippen LogP contribution in [0.3, 0.4) is 0 Å². The molecule has 2 aliphatic heterocycles. The summed E-state index contributed by atoms with van der Waals surface area (Å²) in [7, 11) is 0. The first-order valence-electron chi connectivity index (χ1n) is 9.35. The van der Waals surface area contributed by atoms with Crippen molar-refractivity contribution in [3.63, 3.8) is 0 Å². The third kappa shape index (κ3) is 4.31. The van der Waals surface area contributed by atoms with Gasteiger partial charge in [0.1, 0.15) is 18.8 Å². The van der Waals surface area contributed by atoms with Crippen molar-refractivity contribution in [3.8, 4) is 0 Å². The van der Waals surface area contributed by atoms with E-state index >= 15 is 0 Å². The molecule has 6 nitrogen and oxygen atoms in total. The smallest absolute Gasteiger partial charge is 0.247 e. The Morgan fingerprint density at radius 1 is 1.12 bits per heavy atom. The number of carbonyl (C=O) groups excluding carboxylic acids is 2. The number of Topliss-reactive ketones (excluding diaryl/α,β-unsaturated/α-hetero) is 1. The Morgan fingerprint density at radius 2 is 1.81 bits per heavy atom. The van der Waals surface area contributed by atoms with Gasteiger partial charge in [-0.1, -0.05) is 44.2 Å². The maximum atomic E-state index is 13.5. The first-order chi connectivity index (χ1) is 12.6. The molecule has 2 saturated heterocycles. The van der Waals surface area contributed by atoms with Crippen LogP contribution in [0.5, 0.6) is 0 Å². The lowest BCUT2D eigenvalue weighted by Crippen LogP contribution is -2.50. The highest BCUT2D eigenvalue weighted by Crippen LogP contribution is 2.27. The van der Waals surface area contributed by atoms with Crippen LogP contribution in [0.25, 0.3) is 0 Å². The molecule has 1 aromatic rings. The molecule has 1 aromatic carbocycles. The molecule has 2 unspecified atom stereocenters. The predicted molar refractivity (Wildman–Crippen MR) is 97.5 cm³/mol. The van der Waals surface area contributed by atoms with Crippen LogP contribution in [0.2, 0.25) is 0 Å². The van der Waals surface area contributed by atoms with Gasteiger partial charge in [-0.05, 0) is 11.5 Å². The van der Waals surface area contributed by atoms with Crippen molar-refractivity contribution in [2.45, 2.75) is 32.4 Å². The van der Waals surface area contributed by atoms with E-state index in [1.54, 1.807) is 4.90 Å². The minimum absolute atomic E-state index is 0.0577. The van der Waals surface area contributed by atoms with Gasteiger partial charge in [0.25, 0.3) is 0 Å². The average Bonchev–Trinajstić information content (AvgIpc) is 3.13. The monoisotopic (exact) mass is 360 g/mol. The minimum atomic E-state index is -0.475. The van der Waals surface area contributed by atoms with Crippen LogP contribution in [-0.4, -0.2) is 67.2 Å². The van der Waals surface area contributed by atoms with Crippen molar-refractivity contribution in [1.82, 2.24) is 9.80 Å². The van der Waals surface area contributed by atoms with Crippen LogP contribution >= 0.6 is 0 Å². The van der Waals surface area contributed by atoms with Crippen LogP contribution in [0.4, 0.5) is 0 Å². The van der Waals surface area contributed by atoms with Gasteiger partial charge in [0, 0.05) is 19.5 Å². The third-order valence-corrected chi connectivity index (χ3v) is 4.91. The molecule has 3 rings (SSSR count). The largest absolute Gasteiger partial charge is 0.379 e. The summed E-state index contributed by atoms with van der Waals surface area (Å²) < 4.78 is 11.0. The summed E-state index contributed by atoms with van der Waals surface area (Å²) in [6.45, 7) is 7.13. The maximum absolute atomic E-state index is 13.5. The SMILES string of the molecule is CC(C)CC(=O)C1COCN1C(=O)C(c1ccccc1)N1CCOCC1. The van der Waals surface area contributed by atoms with Gasteiger partial charge in [-0.15, -0.1) is 0 Å². The summed E-state index contributed by atoms with van der Waals surface area (Å²) in [6.07, 6.45) is 0.464. The molecule has 2 heterocycles. The van der Waals surface area contributed by atoms with E-state index < -0.39 is 12.1 Å². The van der Waals surface area contributed by atoms with Crippen molar-refractivity contribution in [2.75, 3.05) is 39.6 Å². The van der Waals surface area contributed by atoms with E-state index in [1.165, 1.54) is 0 Å². The summed E-state index contributed by atoms with van der Waals surface area (Å²) in [5.74, 6) is 0.293. The highest BCUT2D eigenvalue weighted by atomic mass is 16.5. The van der Waals surface area contributed by atoms with E-state index in [4.69, 9.17) is 9.47 Å². The van der Waals surface area contributed by atoms with E-state index in [0.29, 0.717) is 39.3 Å². The fourth-order valence-corrected chi connectivity index (χ4v) is 3.60. The standard InChI is InChI=1S/C20H28N2O4/c1-15(2)12-18(23)17-13-26-14-22(17)20(24)19(16-6-4-3-5-7-16)21-8-10-25-11-9-21/h3-7,15,17,19H,8-14H2,1-2H3. The van der Waals surface area contributed by atoms with Crippen LogP contribution < -0.4 is 0 Å². The van der Waals surface area contributed by atoms with E-state index in [1.807, 2.05) is 44.2 Å². The highest BCUT2D eigenvalue weighted by molar-refractivity contribution is 5.92. The number of hydrogen-bond donors (Lipinski definition) is 0. The molecule has 0 N–H and O–H groups in total. The Kier molecular flexibility index (Phi) is 6.40. The van der Waals surface area contributed by atoms with Gasteiger partial charge in [0.15, 0.2) is 5.78 Å². The van der Waals surface area contributed by atoms with Crippen molar-refractivity contribution >= 4 is 11.7 Å². The Labute approximate surface area is 155 Å². The molecule has 6 heteroatoms. The number of ether oxygens (including phenoxy) is 2. The van der Waals surface area contributed by atoms with Crippen molar-refractivity contribution < 1.29 is 19.1 Å². The lowest BCUT2D eigenvalue weighted by atomic mass is 9.99. The number of nitrogens with zero attached hydrogens (tertiary/aromatic N) is 2. The summed E-state index contributed by atoms with van der Waals surface area (Å²) >= 11 is 0. The number of morpholine rings is 1. The lowest BCUT2D eigenvalue weighted by Gasteiger charge is -2.36. The van der Waals surface area contributed by atoms with E-state index in [9.17, 15) is 9.59 Å². The molecule has 0 spiro atoms. The zero-order valence-corrected chi connectivity index (χ0v) is 15.6. The van der Waals surface area contributed by atoms with Gasteiger partial charge < -0.3 is 14.4 Å². The molecular weight excluding hydrogens is 332 g/mol. The zero-order valence-electron chi connectivity index (χ0n) is 15.6. The molecule has 0 radical (unpaired) electrons. The average molecular weight is 360 g/mol. The molecule has 0 aliphatic carbocycles. The van der Waals surface area contributed by atoms with Crippen LogP contribution in [0.15, 0.2) is 30.3 Å². The summed E-state index contributed by atoms with van der Waals surface area (Å²) in [4.78, 5) is 29.8. The van der Waals surface area contributed by atoms with Crippen molar-refractivity contribution in [1.29, 1.82) is 0 Å². The Bertz CT molecular complexity index is 613. The van der Waals surface area contributed by atoms with Crippen molar-refractivity contribution in [3.05, 3.63) is 35.9 Å². The molecule has 0 bridgehead atoms. The van der Waals surface area contributed by atoms with Crippen molar-refractivity contribution in [2.24, 2.45) is 5.92 Å². The van der Waals surface area contributed by atoms with Gasteiger partial charge in [-0.25, -0.2) is 0 Å². The minimum Gasteiger partial charge on any atom is -0.379 e. The Morgan fingerprint density at radius 3 is 2.46 bits per heavy atom. The molecule has 1 amide bonds. The number of hydrogen-bond acceptors (Lipinski definition) is 5. The normalized spacial score (nSPS) is 22.6. The molecule has 2 fully saturated rings. The second-order valence-electron chi connectivity index (χ2n) is 7.35. The number of ketones is 1. The van der Waals surface area contributed by atoms with E-state index in [-0.39, 0.29) is 24.3 Å². The number of carbonyl (C=O) groups is 2. The molecule has 26 heavy (non-hydrogen) atoms. The second-order valence-corrected chi connectivity index (χ2v) is 7.35. The van der Waals surface area contributed by atoms with Gasteiger partial charge in [-0.3, -0.25) is 14.5 Å². The fourth-order valence-electron chi connectivity index (χ4n) is 3.60. The van der Waals surface area contributed by atoms with Crippen LogP contribution in [0, 0.1) is 5.92 Å². The second kappa shape index (κ2) is 8.75. The van der Waals surface area contributed by atoms with Gasteiger partial charge >= 0.3 is 0 Å². The Hall–Kier alpha value is -1.76. The quantitative estimate of drug-likeness (QED) is 0.775. The number of rotatable bonds is 6. The fraction of sp³-hybridized carbons (Fsp3) is 0.600. The third-order valence-electron chi connectivity index (χ3n) is 4.91. The van der Waals surface area contributed by atoms with E-state index in [0.717, 1.165) is 5.56 Å². The maximum Gasteiger partial charge on any atom is 0.247 e. The molecule has 0 aromatic heterocycles. The Balaban J connectivity index is 1.83. The zero-order chi connectivity index (χ0) is 18.5. The van der Waals surface area contributed by atoms with E-state index in [2.05, 4.69) is 4.90 Å². The van der Waals surface area contributed by atoms with Gasteiger partial charge in [0.05, 0.1) is 19.8 Å². The lowest BCUT2D eigenvalue weighted by molar-refractivity contribution is -0.144. The number of benzene rings is 1.